The first kappa shape index (κ1) is 13.9. The van der Waals surface area contributed by atoms with Gasteiger partial charge in [0.05, 0.1) is 19.1 Å². The van der Waals surface area contributed by atoms with E-state index >= 15 is 0 Å². The zero-order valence-corrected chi connectivity index (χ0v) is 10.1. The van der Waals surface area contributed by atoms with E-state index in [0.29, 0.717) is 0 Å². The number of hydrogen-bond donors (Lipinski definition) is 1. The van der Waals surface area contributed by atoms with Crippen LogP contribution < -0.4 is 0 Å². The maximum absolute atomic E-state index is 11.7. The molecule has 0 saturated heterocycles. The van der Waals surface area contributed by atoms with Gasteiger partial charge in [-0.2, -0.15) is 0 Å². The van der Waals surface area contributed by atoms with Crippen LogP contribution in [0.3, 0.4) is 0 Å². The number of Topliss-reactive ketones (excluding diaryl/α,β-unsaturated/α-hetero) is 2. The molecule has 1 aliphatic heterocycles. The van der Waals surface area contributed by atoms with Crippen LogP contribution in [0.25, 0.3) is 0 Å². The molecule has 0 radical (unpaired) electrons. The van der Waals surface area contributed by atoms with Crippen LogP contribution in [0.5, 0.6) is 0 Å². The number of methoxy groups -OCH3 is 1. The van der Waals surface area contributed by atoms with Gasteiger partial charge in [0.25, 0.3) is 0 Å². The van der Waals surface area contributed by atoms with Gasteiger partial charge in [-0.15, -0.1) is 0 Å². The summed E-state index contributed by atoms with van der Waals surface area (Å²) in [7, 11) is 1.02. The third-order valence-electron chi connectivity index (χ3n) is 2.47. The zero-order chi connectivity index (χ0) is 14.1. The molecule has 1 N–H and O–H groups in total. The molecular formula is C11H12O7. The molecule has 0 aliphatic carbocycles. The highest BCUT2D eigenvalue weighted by Gasteiger charge is 2.57. The van der Waals surface area contributed by atoms with Crippen molar-refractivity contribution in [3.8, 4) is 0 Å². The Balaban J connectivity index is 3.44. The third kappa shape index (κ3) is 1.99. The molecular weight excluding hydrogens is 244 g/mol. The minimum Gasteiger partial charge on any atom is -0.501 e. The van der Waals surface area contributed by atoms with Crippen molar-refractivity contribution in [2.24, 2.45) is 0 Å². The number of ether oxygens (including phenoxy) is 2. The summed E-state index contributed by atoms with van der Waals surface area (Å²) in [6.45, 7) is 2.21. The van der Waals surface area contributed by atoms with Crippen LogP contribution in [0.2, 0.25) is 0 Å². The molecule has 0 fully saturated rings. The number of carbonyl (C=O) groups excluding carboxylic acids is 4. The van der Waals surface area contributed by atoms with E-state index < -0.39 is 46.9 Å². The number of ketones is 2. The molecule has 1 rings (SSSR count). The molecule has 98 valence electrons. The number of cyclic esters (lactones) is 1. The van der Waals surface area contributed by atoms with Crippen LogP contribution >= 0.6 is 0 Å². The van der Waals surface area contributed by atoms with Crippen molar-refractivity contribution in [1.29, 1.82) is 0 Å². The Bertz CT molecular complexity index is 474. The molecule has 1 unspecified atom stereocenters. The number of aliphatic hydroxyl groups excluding tert-OH is 1. The van der Waals surface area contributed by atoms with Gasteiger partial charge in [-0.05, 0) is 13.8 Å². The monoisotopic (exact) mass is 256 g/mol. The highest BCUT2D eigenvalue weighted by atomic mass is 16.6. The molecule has 0 aromatic carbocycles. The average Bonchev–Trinajstić information content (AvgIpc) is 2.49. The summed E-state index contributed by atoms with van der Waals surface area (Å²) < 4.78 is 9.17. The molecule has 0 aromatic rings. The predicted molar refractivity (Wildman–Crippen MR) is 56.5 cm³/mol. The molecule has 0 aromatic heterocycles. The van der Waals surface area contributed by atoms with Crippen molar-refractivity contribution in [1.82, 2.24) is 0 Å². The van der Waals surface area contributed by atoms with Gasteiger partial charge in [-0.25, -0.2) is 9.59 Å². The van der Waals surface area contributed by atoms with Crippen LogP contribution in [-0.4, -0.2) is 41.3 Å². The number of rotatable bonds is 4. The maximum Gasteiger partial charge on any atom is 0.375 e. The fraction of sp³-hybridized carbons (Fsp3) is 0.455. The van der Waals surface area contributed by atoms with E-state index in [1.165, 1.54) is 0 Å². The Morgan fingerprint density at radius 2 is 1.89 bits per heavy atom. The van der Waals surface area contributed by atoms with E-state index in [2.05, 4.69) is 4.74 Å². The second kappa shape index (κ2) is 4.59. The lowest BCUT2D eigenvalue weighted by Crippen LogP contribution is -2.45. The van der Waals surface area contributed by atoms with Crippen molar-refractivity contribution in [2.45, 2.75) is 25.9 Å². The van der Waals surface area contributed by atoms with E-state index in [9.17, 15) is 24.3 Å². The molecule has 0 spiro atoms. The number of hydrogen-bond acceptors (Lipinski definition) is 7. The molecule has 1 aliphatic rings. The summed E-state index contributed by atoms with van der Waals surface area (Å²) in [4.78, 5) is 45.7. The summed E-state index contributed by atoms with van der Waals surface area (Å²) in [6.07, 6.45) is -0.565. The summed E-state index contributed by atoms with van der Waals surface area (Å²) >= 11 is 0. The summed E-state index contributed by atoms with van der Waals surface area (Å²) in [5.41, 5.74) is -2.72. The second-order valence-electron chi connectivity index (χ2n) is 3.87. The van der Waals surface area contributed by atoms with Crippen molar-refractivity contribution < 1.29 is 33.8 Å². The quantitative estimate of drug-likeness (QED) is 0.696. The highest BCUT2D eigenvalue weighted by molar-refractivity contribution is 6.13. The van der Waals surface area contributed by atoms with Gasteiger partial charge in [0.2, 0.25) is 11.4 Å². The van der Waals surface area contributed by atoms with Crippen LogP contribution in [0, 0.1) is 0 Å². The molecule has 0 bridgehead atoms. The molecule has 1 atom stereocenters. The van der Waals surface area contributed by atoms with E-state index in [1.807, 2.05) is 0 Å². The van der Waals surface area contributed by atoms with Gasteiger partial charge in [-0.1, -0.05) is 0 Å². The first-order chi connectivity index (χ1) is 8.26. The molecule has 0 saturated carbocycles. The lowest BCUT2D eigenvalue weighted by Gasteiger charge is -2.25. The Kier molecular flexibility index (Phi) is 3.54. The predicted octanol–water partition coefficient (Wildman–Crippen LogP) is -0.165. The van der Waals surface area contributed by atoms with Gasteiger partial charge in [0.1, 0.15) is 5.78 Å². The normalized spacial score (nSPS) is 22.7. The van der Waals surface area contributed by atoms with Gasteiger partial charge in [-0.3, -0.25) is 9.59 Å². The largest absolute Gasteiger partial charge is 0.501 e. The Morgan fingerprint density at radius 3 is 2.28 bits per heavy atom. The highest BCUT2D eigenvalue weighted by Crippen LogP contribution is 2.36. The summed E-state index contributed by atoms with van der Waals surface area (Å²) in [5, 5.41) is 9.49. The van der Waals surface area contributed by atoms with Crippen LogP contribution in [0.4, 0.5) is 0 Å². The SMILES string of the molecule is COC(=O)C1(CC(C)=O)OC(=O)C(O)=C1C(C)=O. The molecule has 7 nitrogen and oxygen atoms in total. The van der Waals surface area contributed by atoms with E-state index in [1.54, 1.807) is 0 Å². The zero-order valence-electron chi connectivity index (χ0n) is 10.1. The Labute approximate surface area is 102 Å². The minimum absolute atomic E-state index is 0.498. The van der Waals surface area contributed by atoms with Gasteiger partial charge in [0.15, 0.2) is 5.78 Å². The average molecular weight is 256 g/mol. The van der Waals surface area contributed by atoms with Gasteiger partial charge in [0, 0.05) is 0 Å². The van der Waals surface area contributed by atoms with E-state index in [-0.39, 0.29) is 0 Å². The standard InChI is InChI=1S/C11H12O7/c1-5(12)4-11(10(16)17-3)7(6(2)13)8(14)9(15)18-11/h14H,4H2,1-3H3. The Hall–Kier alpha value is -2.18. The fourth-order valence-corrected chi connectivity index (χ4v) is 1.86. The molecule has 1 heterocycles. The topological polar surface area (TPSA) is 107 Å². The number of esters is 2. The summed E-state index contributed by atoms with van der Waals surface area (Å²) in [5.74, 6) is -4.52. The lowest BCUT2D eigenvalue weighted by atomic mass is 9.87. The molecule has 0 amide bonds. The van der Waals surface area contributed by atoms with E-state index in [4.69, 9.17) is 4.74 Å². The van der Waals surface area contributed by atoms with Gasteiger partial charge >= 0.3 is 11.9 Å². The third-order valence-corrected chi connectivity index (χ3v) is 2.47. The summed E-state index contributed by atoms with van der Waals surface area (Å²) in [6, 6.07) is 0. The van der Waals surface area contributed by atoms with Crippen molar-refractivity contribution in [2.75, 3.05) is 7.11 Å². The van der Waals surface area contributed by atoms with Crippen molar-refractivity contribution in [3.05, 3.63) is 11.3 Å². The smallest absolute Gasteiger partial charge is 0.375 e. The molecule has 18 heavy (non-hydrogen) atoms. The van der Waals surface area contributed by atoms with Crippen molar-refractivity contribution >= 4 is 23.5 Å². The van der Waals surface area contributed by atoms with Crippen LogP contribution in [0.15, 0.2) is 11.3 Å². The van der Waals surface area contributed by atoms with Crippen molar-refractivity contribution in [3.63, 3.8) is 0 Å². The molecule has 7 heteroatoms. The first-order valence-electron chi connectivity index (χ1n) is 5.02. The lowest BCUT2D eigenvalue weighted by molar-refractivity contribution is -0.172. The van der Waals surface area contributed by atoms with E-state index in [0.717, 1.165) is 21.0 Å². The van der Waals surface area contributed by atoms with Crippen LogP contribution in [-0.2, 0) is 28.7 Å². The fourth-order valence-electron chi connectivity index (χ4n) is 1.86. The maximum atomic E-state index is 11.7. The number of carbonyl (C=O) groups is 4. The number of aliphatic hydroxyl groups is 1. The first-order valence-corrected chi connectivity index (χ1v) is 5.02. The van der Waals surface area contributed by atoms with Gasteiger partial charge < -0.3 is 14.6 Å². The minimum atomic E-state index is -2.17. The second-order valence-corrected chi connectivity index (χ2v) is 3.87. The van der Waals surface area contributed by atoms with Crippen LogP contribution in [0.1, 0.15) is 20.3 Å². The Morgan fingerprint density at radius 1 is 1.33 bits per heavy atom.